The molecule has 1 aliphatic heterocycles. The number of nitrogen functional groups attached to an aromatic ring is 1. The lowest BCUT2D eigenvalue weighted by Crippen LogP contribution is -2.30. The van der Waals surface area contributed by atoms with E-state index in [0.29, 0.717) is 22.8 Å². The predicted molar refractivity (Wildman–Crippen MR) is 79.7 cm³/mol. The van der Waals surface area contributed by atoms with Gasteiger partial charge in [0.05, 0.1) is 10.7 Å². The van der Waals surface area contributed by atoms with Crippen LogP contribution in [-0.2, 0) is 14.4 Å². The van der Waals surface area contributed by atoms with Crippen molar-refractivity contribution in [2.75, 3.05) is 17.6 Å². The van der Waals surface area contributed by atoms with Gasteiger partial charge < -0.3 is 11.1 Å². The second kappa shape index (κ2) is 6.58. The molecular weight excluding hydrogens is 294 g/mol. The highest BCUT2D eigenvalue weighted by molar-refractivity contribution is 6.34. The van der Waals surface area contributed by atoms with E-state index in [2.05, 4.69) is 5.32 Å². The number of rotatable bonds is 5. The molecule has 1 aromatic rings. The number of hydrogen-bond donors (Lipinski definition) is 2. The minimum absolute atomic E-state index is 0.165. The Labute approximate surface area is 127 Å². The number of benzene rings is 1. The summed E-state index contributed by atoms with van der Waals surface area (Å²) in [5.41, 5.74) is 6.58. The van der Waals surface area contributed by atoms with Crippen LogP contribution < -0.4 is 11.1 Å². The molecule has 3 N–H and O–H groups in total. The van der Waals surface area contributed by atoms with E-state index in [1.807, 2.05) is 0 Å². The van der Waals surface area contributed by atoms with Gasteiger partial charge in [0.15, 0.2) is 0 Å². The molecule has 0 unspecified atom stereocenters. The van der Waals surface area contributed by atoms with Crippen molar-refractivity contribution < 1.29 is 14.4 Å². The number of imide groups is 1. The Morgan fingerprint density at radius 3 is 2.57 bits per heavy atom. The third kappa shape index (κ3) is 3.95. The molecule has 0 aliphatic carbocycles. The van der Waals surface area contributed by atoms with Gasteiger partial charge in [0, 0.05) is 31.5 Å². The maximum atomic E-state index is 11.8. The number of nitrogens with zero attached hydrogens (tertiary/aromatic N) is 1. The van der Waals surface area contributed by atoms with Crippen LogP contribution in [0.5, 0.6) is 0 Å². The second-order valence-corrected chi connectivity index (χ2v) is 5.24. The lowest BCUT2D eigenvalue weighted by Gasteiger charge is -2.13. The average molecular weight is 310 g/mol. The molecule has 0 aromatic heterocycles. The van der Waals surface area contributed by atoms with E-state index in [4.69, 9.17) is 17.3 Å². The summed E-state index contributed by atoms with van der Waals surface area (Å²) in [6.07, 6.45) is 1.17. The van der Waals surface area contributed by atoms with E-state index in [1.165, 1.54) is 4.90 Å². The van der Waals surface area contributed by atoms with E-state index in [-0.39, 0.29) is 43.5 Å². The zero-order valence-corrected chi connectivity index (χ0v) is 12.2. The number of carbonyl (C=O) groups is 3. The summed E-state index contributed by atoms with van der Waals surface area (Å²) in [6.45, 7) is 0.278. The predicted octanol–water partition coefficient (Wildman–Crippen LogP) is 1.79. The fourth-order valence-corrected chi connectivity index (χ4v) is 2.35. The van der Waals surface area contributed by atoms with Crippen LogP contribution >= 0.6 is 11.6 Å². The Hall–Kier alpha value is -2.08. The van der Waals surface area contributed by atoms with Gasteiger partial charge in [-0.3, -0.25) is 19.3 Å². The van der Waals surface area contributed by atoms with Gasteiger partial charge in [-0.05, 0) is 24.6 Å². The maximum absolute atomic E-state index is 11.8. The van der Waals surface area contributed by atoms with Gasteiger partial charge in [-0.1, -0.05) is 11.6 Å². The van der Waals surface area contributed by atoms with Gasteiger partial charge in [-0.25, -0.2) is 0 Å². The lowest BCUT2D eigenvalue weighted by molar-refractivity contribution is -0.138. The Kier molecular flexibility index (Phi) is 4.80. The van der Waals surface area contributed by atoms with Crippen LogP contribution in [0.4, 0.5) is 11.4 Å². The van der Waals surface area contributed by atoms with Crippen LogP contribution in [0.15, 0.2) is 18.2 Å². The van der Waals surface area contributed by atoms with E-state index in [9.17, 15) is 14.4 Å². The van der Waals surface area contributed by atoms with Gasteiger partial charge in [0.25, 0.3) is 0 Å². The molecule has 1 fully saturated rings. The van der Waals surface area contributed by atoms with Gasteiger partial charge in [0.1, 0.15) is 0 Å². The number of hydrogen-bond acceptors (Lipinski definition) is 4. The first kappa shape index (κ1) is 15.3. The third-order valence-electron chi connectivity index (χ3n) is 3.21. The van der Waals surface area contributed by atoms with E-state index in [0.717, 1.165) is 0 Å². The molecule has 21 heavy (non-hydrogen) atoms. The molecule has 3 amide bonds. The van der Waals surface area contributed by atoms with Gasteiger partial charge in [0.2, 0.25) is 17.7 Å². The van der Waals surface area contributed by atoms with Crippen molar-refractivity contribution in [3.63, 3.8) is 0 Å². The molecule has 112 valence electrons. The minimum atomic E-state index is -0.222. The SMILES string of the molecule is Nc1ccc(NC(=O)CCCN2C(=O)CCC2=O)c(Cl)c1. The number of likely N-dealkylation sites (tertiary alicyclic amines) is 1. The van der Waals surface area contributed by atoms with Gasteiger partial charge in [-0.2, -0.15) is 0 Å². The molecule has 0 radical (unpaired) electrons. The van der Waals surface area contributed by atoms with Crippen LogP contribution in [-0.4, -0.2) is 29.2 Å². The monoisotopic (exact) mass is 309 g/mol. The number of anilines is 2. The number of amides is 3. The largest absolute Gasteiger partial charge is 0.399 e. The topological polar surface area (TPSA) is 92.5 Å². The first-order valence-electron chi connectivity index (χ1n) is 6.65. The fraction of sp³-hybridized carbons (Fsp3) is 0.357. The highest BCUT2D eigenvalue weighted by Gasteiger charge is 2.28. The standard InChI is InChI=1S/C14H16ClN3O3/c15-10-8-9(16)3-4-11(10)17-12(19)2-1-7-18-13(20)5-6-14(18)21/h3-4,8H,1-2,5-7,16H2,(H,17,19). The molecule has 0 bridgehead atoms. The van der Waals surface area contributed by atoms with Crippen molar-refractivity contribution in [1.82, 2.24) is 4.90 Å². The number of halogens is 1. The summed E-state index contributed by atoms with van der Waals surface area (Å²) in [6, 6.07) is 4.82. The molecule has 0 atom stereocenters. The fourth-order valence-electron chi connectivity index (χ4n) is 2.12. The Balaban J connectivity index is 1.80. The molecule has 1 aliphatic rings. The normalized spacial score (nSPS) is 14.6. The van der Waals surface area contributed by atoms with E-state index in [1.54, 1.807) is 18.2 Å². The van der Waals surface area contributed by atoms with Crippen LogP contribution in [0.3, 0.4) is 0 Å². The van der Waals surface area contributed by atoms with Crippen molar-refractivity contribution in [2.45, 2.75) is 25.7 Å². The molecular formula is C14H16ClN3O3. The van der Waals surface area contributed by atoms with Crippen molar-refractivity contribution in [1.29, 1.82) is 0 Å². The zero-order valence-electron chi connectivity index (χ0n) is 11.4. The number of nitrogens with two attached hydrogens (primary N) is 1. The van der Waals surface area contributed by atoms with Crippen LogP contribution in [0.2, 0.25) is 5.02 Å². The number of carbonyl (C=O) groups excluding carboxylic acids is 3. The van der Waals surface area contributed by atoms with Crippen LogP contribution in [0.1, 0.15) is 25.7 Å². The van der Waals surface area contributed by atoms with Gasteiger partial charge in [-0.15, -0.1) is 0 Å². The first-order chi connectivity index (χ1) is 9.97. The highest BCUT2D eigenvalue weighted by atomic mass is 35.5. The summed E-state index contributed by atoms with van der Waals surface area (Å²) in [7, 11) is 0. The Morgan fingerprint density at radius 1 is 1.29 bits per heavy atom. The van der Waals surface area contributed by atoms with Crippen molar-refractivity contribution in [3.8, 4) is 0 Å². The summed E-state index contributed by atoms with van der Waals surface area (Å²) >= 11 is 5.96. The van der Waals surface area contributed by atoms with E-state index < -0.39 is 0 Å². The second-order valence-electron chi connectivity index (χ2n) is 4.83. The maximum Gasteiger partial charge on any atom is 0.229 e. The Bertz CT molecular complexity index is 573. The molecule has 0 saturated carbocycles. The molecule has 7 heteroatoms. The highest BCUT2D eigenvalue weighted by Crippen LogP contribution is 2.24. The van der Waals surface area contributed by atoms with Crippen LogP contribution in [0, 0.1) is 0 Å². The molecule has 0 spiro atoms. The first-order valence-corrected chi connectivity index (χ1v) is 7.03. The Morgan fingerprint density at radius 2 is 1.95 bits per heavy atom. The van der Waals surface area contributed by atoms with Crippen molar-refractivity contribution in [2.24, 2.45) is 0 Å². The van der Waals surface area contributed by atoms with Gasteiger partial charge >= 0.3 is 0 Å². The smallest absolute Gasteiger partial charge is 0.229 e. The molecule has 6 nitrogen and oxygen atoms in total. The molecule has 1 heterocycles. The molecule has 1 aromatic carbocycles. The zero-order chi connectivity index (χ0) is 15.4. The van der Waals surface area contributed by atoms with Crippen molar-refractivity contribution in [3.05, 3.63) is 23.2 Å². The molecule has 2 rings (SSSR count). The molecule has 1 saturated heterocycles. The summed E-state index contributed by atoms with van der Waals surface area (Å²) in [5, 5.41) is 3.04. The summed E-state index contributed by atoms with van der Waals surface area (Å²) < 4.78 is 0. The minimum Gasteiger partial charge on any atom is -0.399 e. The third-order valence-corrected chi connectivity index (χ3v) is 3.52. The summed E-state index contributed by atoms with van der Waals surface area (Å²) in [5.74, 6) is -0.551. The van der Waals surface area contributed by atoms with Crippen molar-refractivity contribution >= 4 is 40.7 Å². The average Bonchev–Trinajstić information content (AvgIpc) is 2.74. The van der Waals surface area contributed by atoms with E-state index >= 15 is 0 Å². The lowest BCUT2D eigenvalue weighted by atomic mass is 10.2. The summed E-state index contributed by atoms with van der Waals surface area (Å²) in [4.78, 5) is 35.8. The van der Waals surface area contributed by atoms with Crippen LogP contribution in [0.25, 0.3) is 0 Å². The quantitative estimate of drug-likeness (QED) is 0.640. The number of nitrogens with one attached hydrogen (secondary N) is 1.